The molecule has 1 aromatic heterocycles. The summed E-state index contributed by atoms with van der Waals surface area (Å²) < 4.78 is 5.49. The van der Waals surface area contributed by atoms with Crippen molar-refractivity contribution < 1.29 is 14.6 Å². The predicted octanol–water partition coefficient (Wildman–Crippen LogP) is 2.54. The second kappa shape index (κ2) is 5.85. The Bertz CT molecular complexity index is 690. The Labute approximate surface area is 116 Å². The third-order valence-corrected chi connectivity index (χ3v) is 2.65. The largest absolute Gasteiger partial charge is 0.486 e. The summed E-state index contributed by atoms with van der Waals surface area (Å²) in [4.78, 5) is 15.0. The molecule has 0 fully saturated rings. The molecule has 1 heterocycles. The van der Waals surface area contributed by atoms with E-state index in [1.165, 1.54) is 0 Å². The number of hydrogen-bond donors (Lipinski definition) is 1. The summed E-state index contributed by atoms with van der Waals surface area (Å²) in [6.45, 7) is 1.90. The highest BCUT2D eigenvalue weighted by Gasteiger charge is 2.13. The van der Waals surface area contributed by atoms with Crippen molar-refractivity contribution >= 4 is 5.97 Å². The molecule has 2 aromatic rings. The number of ether oxygens (including phenoxy) is 1. The smallest absolute Gasteiger partial charge is 0.358 e. The zero-order chi connectivity index (χ0) is 14.5. The minimum atomic E-state index is -1.13. The number of carbonyl (C=O) groups is 1. The second-order valence-corrected chi connectivity index (χ2v) is 4.21. The molecule has 5 nitrogen and oxygen atoms in total. The summed E-state index contributed by atoms with van der Waals surface area (Å²) in [7, 11) is 0. The Morgan fingerprint density at radius 1 is 1.40 bits per heavy atom. The van der Waals surface area contributed by atoms with E-state index in [-0.39, 0.29) is 18.1 Å². The van der Waals surface area contributed by atoms with Gasteiger partial charge in [0.15, 0.2) is 11.4 Å². The molecular weight excluding hydrogens is 256 g/mol. The van der Waals surface area contributed by atoms with Gasteiger partial charge < -0.3 is 9.84 Å². The number of hydrogen-bond acceptors (Lipinski definition) is 4. The van der Waals surface area contributed by atoms with Gasteiger partial charge in [0, 0.05) is 5.69 Å². The molecule has 0 aliphatic carbocycles. The third-order valence-electron chi connectivity index (χ3n) is 2.65. The number of aryl methyl sites for hydroxylation is 1. The third kappa shape index (κ3) is 3.12. The van der Waals surface area contributed by atoms with Gasteiger partial charge in [0.05, 0.1) is 11.6 Å². The lowest BCUT2D eigenvalue weighted by Crippen LogP contribution is -2.06. The maximum absolute atomic E-state index is 11.1. The van der Waals surface area contributed by atoms with Gasteiger partial charge in [-0.1, -0.05) is 12.1 Å². The normalized spacial score (nSPS) is 9.80. The molecule has 0 radical (unpaired) electrons. The molecule has 0 amide bonds. The van der Waals surface area contributed by atoms with Crippen molar-refractivity contribution in [3.63, 3.8) is 0 Å². The highest BCUT2D eigenvalue weighted by Crippen LogP contribution is 2.18. The minimum Gasteiger partial charge on any atom is -0.486 e. The number of nitriles is 1. The van der Waals surface area contributed by atoms with Crippen molar-refractivity contribution in [1.82, 2.24) is 4.98 Å². The van der Waals surface area contributed by atoms with Gasteiger partial charge in [0.1, 0.15) is 6.61 Å². The fraction of sp³-hybridized carbons (Fsp3) is 0.133. The van der Waals surface area contributed by atoms with Crippen molar-refractivity contribution in [3.8, 4) is 11.8 Å². The summed E-state index contributed by atoms with van der Waals surface area (Å²) in [6, 6.07) is 12.3. The van der Waals surface area contributed by atoms with Crippen LogP contribution < -0.4 is 4.74 Å². The van der Waals surface area contributed by atoms with Crippen LogP contribution >= 0.6 is 0 Å². The van der Waals surface area contributed by atoms with Gasteiger partial charge in [-0.25, -0.2) is 9.78 Å². The topological polar surface area (TPSA) is 83.2 Å². The Kier molecular flexibility index (Phi) is 3.96. The summed E-state index contributed by atoms with van der Waals surface area (Å²) >= 11 is 0. The summed E-state index contributed by atoms with van der Waals surface area (Å²) in [5.74, 6) is -0.917. The van der Waals surface area contributed by atoms with Gasteiger partial charge in [-0.3, -0.25) is 0 Å². The number of aromatic carboxylic acids is 1. The van der Waals surface area contributed by atoms with Crippen LogP contribution in [0.4, 0.5) is 0 Å². The molecule has 1 aromatic carbocycles. The van der Waals surface area contributed by atoms with E-state index in [2.05, 4.69) is 4.98 Å². The van der Waals surface area contributed by atoms with Gasteiger partial charge in [-0.2, -0.15) is 5.26 Å². The van der Waals surface area contributed by atoms with Crippen LogP contribution in [0.25, 0.3) is 0 Å². The molecule has 100 valence electrons. The van der Waals surface area contributed by atoms with E-state index in [9.17, 15) is 4.79 Å². The zero-order valence-electron chi connectivity index (χ0n) is 10.8. The van der Waals surface area contributed by atoms with Gasteiger partial charge in [0.2, 0.25) is 0 Å². The number of aromatic nitrogens is 1. The number of carboxylic acid groups (broad SMARTS) is 1. The Balaban J connectivity index is 2.19. The number of nitrogens with zero attached hydrogens (tertiary/aromatic N) is 2. The lowest BCUT2D eigenvalue weighted by molar-refractivity contribution is 0.0684. The Hall–Kier alpha value is -2.87. The average molecular weight is 268 g/mol. The van der Waals surface area contributed by atoms with E-state index in [0.717, 1.165) is 5.56 Å². The van der Waals surface area contributed by atoms with Crippen LogP contribution in [0, 0.1) is 18.3 Å². The first-order valence-corrected chi connectivity index (χ1v) is 5.93. The monoisotopic (exact) mass is 268 g/mol. The Morgan fingerprint density at radius 3 is 2.90 bits per heavy atom. The molecule has 20 heavy (non-hydrogen) atoms. The van der Waals surface area contributed by atoms with Crippen molar-refractivity contribution in [2.75, 3.05) is 0 Å². The van der Waals surface area contributed by atoms with E-state index >= 15 is 0 Å². The van der Waals surface area contributed by atoms with Crippen LogP contribution in [-0.2, 0) is 6.61 Å². The minimum absolute atomic E-state index is 0.110. The quantitative estimate of drug-likeness (QED) is 0.921. The van der Waals surface area contributed by atoms with Crippen molar-refractivity contribution in [2.24, 2.45) is 0 Å². The van der Waals surface area contributed by atoms with Gasteiger partial charge in [-0.05, 0) is 36.8 Å². The number of pyridine rings is 1. The lowest BCUT2D eigenvalue weighted by atomic mass is 10.1. The predicted molar refractivity (Wildman–Crippen MR) is 71.4 cm³/mol. The highest BCUT2D eigenvalue weighted by atomic mass is 16.5. The van der Waals surface area contributed by atoms with Crippen molar-refractivity contribution in [2.45, 2.75) is 13.5 Å². The molecule has 5 heteroatoms. The van der Waals surface area contributed by atoms with Crippen molar-refractivity contribution in [3.05, 3.63) is 58.9 Å². The van der Waals surface area contributed by atoms with Gasteiger partial charge in [0.25, 0.3) is 0 Å². The average Bonchev–Trinajstić information content (AvgIpc) is 2.46. The summed E-state index contributed by atoms with van der Waals surface area (Å²) in [5, 5.41) is 17.9. The molecule has 1 N–H and O–H groups in total. The molecule has 0 saturated carbocycles. The molecule has 0 aliphatic heterocycles. The van der Waals surface area contributed by atoms with Crippen LogP contribution in [0.5, 0.6) is 5.75 Å². The van der Waals surface area contributed by atoms with E-state index in [0.29, 0.717) is 11.3 Å². The SMILES string of the molecule is Cc1ccc(OCc2cccc(C#N)c2)c(C(=O)O)n1. The molecular formula is C15H12N2O3. The first kappa shape index (κ1) is 13.6. The van der Waals surface area contributed by atoms with Crippen LogP contribution in [0.15, 0.2) is 36.4 Å². The van der Waals surface area contributed by atoms with Gasteiger partial charge >= 0.3 is 5.97 Å². The maximum Gasteiger partial charge on any atom is 0.358 e. The first-order chi connectivity index (χ1) is 9.60. The molecule has 0 bridgehead atoms. The summed E-state index contributed by atoms with van der Waals surface area (Å²) in [6.07, 6.45) is 0. The highest BCUT2D eigenvalue weighted by molar-refractivity contribution is 5.88. The van der Waals surface area contributed by atoms with E-state index < -0.39 is 5.97 Å². The van der Waals surface area contributed by atoms with Crippen LogP contribution in [0.1, 0.15) is 27.3 Å². The molecule has 0 spiro atoms. The van der Waals surface area contributed by atoms with Gasteiger partial charge in [-0.15, -0.1) is 0 Å². The zero-order valence-corrected chi connectivity index (χ0v) is 10.8. The number of benzene rings is 1. The lowest BCUT2D eigenvalue weighted by Gasteiger charge is -2.09. The number of rotatable bonds is 4. The molecule has 0 saturated heterocycles. The maximum atomic E-state index is 11.1. The first-order valence-electron chi connectivity index (χ1n) is 5.93. The second-order valence-electron chi connectivity index (χ2n) is 4.21. The van der Waals surface area contributed by atoms with Crippen LogP contribution in [0.2, 0.25) is 0 Å². The standard InChI is InChI=1S/C15H12N2O3/c1-10-5-6-13(14(17-10)15(18)19)20-9-12-4-2-3-11(7-12)8-16/h2-7H,9H2,1H3,(H,18,19). The Morgan fingerprint density at radius 2 is 2.20 bits per heavy atom. The molecule has 0 atom stereocenters. The van der Waals surface area contributed by atoms with Crippen molar-refractivity contribution in [1.29, 1.82) is 5.26 Å². The van der Waals surface area contributed by atoms with E-state index in [4.69, 9.17) is 15.1 Å². The van der Waals surface area contributed by atoms with E-state index in [1.807, 2.05) is 12.1 Å². The molecule has 2 rings (SSSR count). The summed E-state index contributed by atoms with van der Waals surface area (Å²) in [5.41, 5.74) is 1.83. The van der Waals surface area contributed by atoms with Crippen LogP contribution in [-0.4, -0.2) is 16.1 Å². The number of carboxylic acids is 1. The van der Waals surface area contributed by atoms with E-state index in [1.54, 1.807) is 37.3 Å². The fourth-order valence-electron chi connectivity index (χ4n) is 1.71. The molecule has 0 aliphatic rings. The van der Waals surface area contributed by atoms with Crippen LogP contribution in [0.3, 0.4) is 0 Å². The fourth-order valence-corrected chi connectivity index (χ4v) is 1.71. The molecule has 0 unspecified atom stereocenters.